The lowest BCUT2D eigenvalue weighted by atomic mass is 9.96. The SMILES string of the molecule is CCN1CCC(Cn2c(=O)[nH]c3ccc(C)cc32)CC1. The smallest absolute Gasteiger partial charge is 0.306 e. The van der Waals surface area contributed by atoms with Crippen LogP contribution in [0, 0.1) is 12.8 Å². The third-order valence-corrected chi connectivity index (χ3v) is 4.53. The fraction of sp³-hybridized carbons (Fsp3) is 0.562. The van der Waals surface area contributed by atoms with E-state index in [1.807, 2.05) is 16.7 Å². The molecule has 1 aromatic carbocycles. The second-order valence-corrected chi connectivity index (χ2v) is 5.94. The molecule has 1 saturated heterocycles. The van der Waals surface area contributed by atoms with E-state index in [0.717, 1.165) is 37.2 Å². The number of rotatable bonds is 3. The summed E-state index contributed by atoms with van der Waals surface area (Å²) < 4.78 is 1.93. The van der Waals surface area contributed by atoms with Gasteiger partial charge in [-0.25, -0.2) is 4.79 Å². The Morgan fingerprint density at radius 1 is 1.30 bits per heavy atom. The zero-order valence-corrected chi connectivity index (χ0v) is 12.4. The van der Waals surface area contributed by atoms with Gasteiger partial charge in [0.05, 0.1) is 11.0 Å². The molecule has 0 amide bonds. The number of fused-ring (bicyclic) bond motifs is 1. The van der Waals surface area contributed by atoms with Crippen molar-refractivity contribution >= 4 is 11.0 Å². The van der Waals surface area contributed by atoms with Crippen molar-refractivity contribution in [2.75, 3.05) is 19.6 Å². The molecule has 2 aromatic rings. The molecule has 4 heteroatoms. The van der Waals surface area contributed by atoms with Crippen LogP contribution < -0.4 is 5.69 Å². The minimum Gasteiger partial charge on any atom is -0.306 e. The van der Waals surface area contributed by atoms with Gasteiger partial charge in [-0.3, -0.25) is 4.57 Å². The Morgan fingerprint density at radius 2 is 2.05 bits per heavy atom. The van der Waals surface area contributed by atoms with Crippen LogP contribution in [-0.4, -0.2) is 34.1 Å². The van der Waals surface area contributed by atoms with E-state index in [2.05, 4.69) is 29.8 Å². The fourth-order valence-corrected chi connectivity index (χ4v) is 3.19. The van der Waals surface area contributed by atoms with E-state index in [0.29, 0.717) is 5.92 Å². The topological polar surface area (TPSA) is 41.0 Å². The number of piperidine rings is 1. The highest BCUT2D eigenvalue weighted by molar-refractivity contribution is 5.75. The van der Waals surface area contributed by atoms with E-state index in [-0.39, 0.29) is 5.69 Å². The summed E-state index contributed by atoms with van der Waals surface area (Å²) in [6, 6.07) is 6.15. The summed E-state index contributed by atoms with van der Waals surface area (Å²) in [5.41, 5.74) is 3.23. The lowest BCUT2D eigenvalue weighted by molar-refractivity contribution is 0.181. The number of benzene rings is 1. The molecule has 0 unspecified atom stereocenters. The first kappa shape index (κ1) is 13.4. The standard InChI is InChI=1S/C16H23N3O/c1-3-18-8-6-13(7-9-18)11-19-15-10-12(2)4-5-14(15)17-16(19)20/h4-5,10,13H,3,6-9,11H2,1-2H3,(H,17,20). The predicted octanol–water partition coefficient (Wildman–Crippen LogP) is 2.37. The number of hydrogen-bond acceptors (Lipinski definition) is 2. The van der Waals surface area contributed by atoms with Crippen LogP contribution in [0.4, 0.5) is 0 Å². The molecule has 0 bridgehead atoms. The average Bonchev–Trinajstić information content (AvgIpc) is 2.76. The van der Waals surface area contributed by atoms with Crippen molar-refractivity contribution in [1.29, 1.82) is 0 Å². The van der Waals surface area contributed by atoms with Crippen molar-refractivity contribution in [2.45, 2.75) is 33.2 Å². The van der Waals surface area contributed by atoms with Crippen molar-refractivity contribution in [3.05, 3.63) is 34.2 Å². The molecule has 3 rings (SSSR count). The highest BCUT2D eigenvalue weighted by Crippen LogP contribution is 2.20. The van der Waals surface area contributed by atoms with Crippen molar-refractivity contribution in [1.82, 2.24) is 14.5 Å². The van der Waals surface area contributed by atoms with Gasteiger partial charge < -0.3 is 9.88 Å². The van der Waals surface area contributed by atoms with E-state index in [4.69, 9.17) is 0 Å². The monoisotopic (exact) mass is 273 g/mol. The Labute approximate surface area is 119 Å². The van der Waals surface area contributed by atoms with Crippen molar-refractivity contribution in [3.63, 3.8) is 0 Å². The molecular formula is C16H23N3O. The highest BCUT2D eigenvalue weighted by Gasteiger charge is 2.20. The molecule has 4 nitrogen and oxygen atoms in total. The molecule has 0 radical (unpaired) electrons. The second kappa shape index (κ2) is 5.44. The molecule has 0 saturated carbocycles. The van der Waals surface area contributed by atoms with Crippen molar-refractivity contribution < 1.29 is 0 Å². The molecular weight excluding hydrogens is 250 g/mol. The molecule has 1 aliphatic heterocycles. The van der Waals surface area contributed by atoms with Gasteiger partial charge in [0.25, 0.3) is 0 Å². The molecule has 108 valence electrons. The Bertz CT molecular complexity index is 647. The summed E-state index contributed by atoms with van der Waals surface area (Å²) in [6.07, 6.45) is 2.39. The Kier molecular flexibility index (Phi) is 3.66. The van der Waals surface area contributed by atoms with Crippen molar-refractivity contribution in [3.8, 4) is 0 Å². The average molecular weight is 273 g/mol. The van der Waals surface area contributed by atoms with Gasteiger partial charge in [-0.05, 0) is 63.0 Å². The Balaban J connectivity index is 1.82. The van der Waals surface area contributed by atoms with Gasteiger partial charge in [-0.2, -0.15) is 0 Å². The molecule has 1 N–H and O–H groups in total. The predicted molar refractivity (Wildman–Crippen MR) is 82.1 cm³/mol. The van der Waals surface area contributed by atoms with Crippen LogP contribution in [0.3, 0.4) is 0 Å². The quantitative estimate of drug-likeness (QED) is 0.932. The molecule has 20 heavy (non-hydrogen) atoms. The summed E-state index contributed by atoms with van der Waals surface area (Å²) in [5, 5.41) is 0. The number of aryl methyl sites for hydroxylation is 1. The van der Waals surface area contributed by atoms with Gasteiger partial charge >= 0.3 is 5.69 Å². The zero-order valence-electron chi connectivity index (χ0n) is 12.4. The molecule has 2 heterocycles. The third-order valence-electron chi connectivity index (χ3n) is 4.53. The van der Waals surface area contributed by atoms with Crippen LogP contribution >= 0.6 is 0 Å². The van der Waals surface area contributed by atoms with Crippen LogP contribution in [0.25, 0.3) is 11.0 Å². The van der Waals surface area contributed by atoms with Crippen molar-refractivity contribution in [2.24, 2.45) is 5.92 Å². The fourth-order valence-electron chi connectivity index (χ4n) is 3.19. The zero-order chi connectivity index (χ0) is 14.1. The van der Waals surface area contributed by atoms with Gasteiger partial charge in [-0.15, -0.1) is 0 Å². The number of hydrogen-bond donors (Lipinski definition) is 1. The van der Waals surface area contributed by atoms with E-state index < -0.39 is 0 Å². The molecule has 1 fully saturated rings. The molecule has 0 aliphatic carbocycles. The van der Waals surface area contributed by atoms with Crippen LogP contribution in [0.1, 0.15) is 25.3 Å². The first-order chi connectivity index (χ1) is 9.67. The first-order valence-corrected chi connectivity index (χ1v) is 7.59. The van der Waals surface area contributed by atoms with Gasteiger partial charge in [0.2, 0.25) is 0 Å². The van der Waals surface area contributed by atoms with Gasteiger partial charge in [0.15, 0.2) is 0 Å². The minimum absolute atomic E-state index is 0.0310. The number of likely N-dealkylation sites (tertiary alicyclic amines) is 1. The molecule has 1 aromatic heterocycles. The number of imidazole rings is 1. The lowest BCUT2D eigenvalue weighted by Gasteiger charge is -2.31. The Hall–Kier alpha value is -1.55. The summed E-state index contributed by atoms with van der Waals surface area (Å²) >= 11 is 0. The summed E-state index contributed by atoms with van der Waals surface area (Å²) in [6.45, 7) is 8.60. The largest absolute Gasteiger partial charge is 0.326 e. The van der Waals surface area contributed by atoms with E-state index in [1.54, 1.807) is 0 Å². The van der Waals surface area contributed by atoms with Crippen LogP contribution in [-0.2, 0) is 6.54 Å². The molecule has 0 spiro atoms. The summed E-state index contributed by atoms with van der Waals surface area (Å²) in [7, 11) is 0. The van der Waals surface area contributed by atoms with Crippen LogP contribution in [0.5, 0.6) is 0 Å². The second-order valence-electron chi connectivity index (χ2n) is 5.94. The lowest BCUT2D eigenvalue weighted by Crippen LogP contribution is -2.35. The maximum Gasteiger partial charge on any atom is 0.326 e. The number of nitrogens with one attached hydrogen (secondary N) is 1. The number of H-pyrrole nitrogens is 1. The van der Waals surface area contributed by atoms with Gasteiger partial charge in [0, 0.05) is 6.54 Å². The van der Waals surface area contributed by atoms with E-state index >= 15 is 0 Å². The summed E-state index contributed by atoms with van der Waals surface area (Å²) in [4.78, 5) is 17.6. The molecule has 0 atom stereocenters. The first-order valence-electron chi connectivity index (χ1n) is 7.59. The minimum atomic E-state index is 0.0310. The van der Waals surface area contributed by atoms with E-state index in [1.165, 1.54) is 18.4 Å². The van der Waals surface area contributed by atoms with Gasteiger partial charge in [-0.1, -0.05) is 13.0 Å². The molecule has 1 aliphatic rings. The highest BCUT2D eigenvalue weighted by atomic mass is 16.1. The number of aromatic nitrogens is 2. The van der Waals surface area contributed by atoms with Crippen LogP contribution in [0.15, 0.2) is 23.0 Å². The third kappa shape index (κ3) is 2.52. The normalized spacial score (nSPS) is 17.9. The maximum absolute atomic E-state index is 12.1. The van der Waals surface area contributed by atoms with Crippen LogP contribution in [0.2, 0.25) is 0 Å². The number of nitrogens with zero attached hydrogens (tertiary/aromatic N) is 2. The maximum atomic E-state index is 12.1. The summed E-state index contributed by atoms with van der Waals surface area (Å²) in [5.74, 6) is 0.620. The van der Waals surface area contributed by atoms with E-state index in [9.17, 15) is 4.79 Å². The number of aromatic amines is 1. The van der Waals surface area contributed by atoms with Gasteiger partial charge in [0.1, 0.15) is 0 Å². The Morgan fingerprint density at radius 3 is 2.75 bits per heavy atom.